The van der Waals surface area contributed by atoms with Crippen LogP contribution in [0.25, 0.3) is 0 Å². The zero-order chi connectivity index (χ0) is 11.9. The molecule has 0 saturated carbocycles. The van der Waals surface area contributed by atoms with E-state index in [2.05, 4.69) is 24.1 Å². The van der Waals surface area contributed by atoms with E-state index in [1.165, 1.54) is 6.08 Å². The van der Waals surface area contributed by atoms with Gasteiger partial charge in [0.05, 0.1) is 18.8 Å². The molecular formula is C11H20N2O3. The van der Waals surface area contributed by atoms with Gasteiger partial charge >= 0.3 is 0 Å². The van der Waals surface area contributed by atoms with Gasteiger partial charge in [0.2, 0.25) is 5.91 Å². The SMILES string of the molecule is C=CC(=O)NCOCCC1(C)CNCCO1. The molecular weight excluding hydrogens is 208 g/mol. The van der Waals surface area contributed by atoms with Crippen molar-refractivity contribution in [2.45, 2.75) is 18.9 Å². The van der Waals surface area contributed by atoms with Crippen LogP contribution in [-0.4, -0.2) is 44.5 Å². The Kier molecular flexibility index (Phi) is 5.45. The lowest BCUT2D eigenvalue weighted by Gasteiger charge is -2.34. The molecule has 0 bridgehead atoms. The van der Waals surface area contributed by atoms with Gasteiger partial charge < -0.3 is 20.1 Å². The largest absolute Gasteiger partial charge is 0.373 e. The molecule has 2 N–H and O–H groups in total. The van der Waals surface area contributed by atoms with Crippen LogP contribution in [0.15, 0.2) is 12.7 Å². The van der Waals surface area contributed by atoms with Crippen LogP contribution in [0.5, 0.6) is 0 Å². The summed E-state index contributed by atoms with van der Waals surface area (Å²) in [7, 11) is 0. The number of rotatable bonds is 6. The molecule has 0 radical (unpaired) electrons. The number of carbonyl (C=O) groups excluding carboxylic acids is 1. The number of nitrogens with one attached hydrogen (secondary N) is 2. The summed E-state index contributed by atoms with van der Waals surface area (Å²) >= 11 is 0. The van der Waals surface area contributed by atoms with Gasteiger partial charge in [-0.3, -0.25) is 4.79 Å². The molecule has 0 aromatic heterocycles. The summed E-state index contributed by atoms with van der Waals surface area (Å²) in [5.74, 6) is -0.221. The molecule has 1 aliphatic rings. The smallest absolute Gasteiger partial charge is 0.245 e. The molecule has 1 atom stereocenters. The Hall–Kier alpha value is -0.910. The minimum atomic E-state index is -0.221. The lowest BCUT2D eigenvalue weighted by molar-refractivity contribution is -0.118. The fourth-order valence-electron chi connectivity index (χ4n) is 1.49. The second-order valence-corrected chi connectivity index (χ2v) is 4.02. The van der Waals surface area contributed by atoms with Crippen molar-refractivity contribution >= 4 is 5.91 Å². The fraction of sp³-hybridized carbons (Fsp3) is 0.727. The van der Waals surface area contributed by atoms with Crippen molar-refractivity contribution in [3.05, 3.63) is 12.7 Å². The lowest BCUT2D eigenvalue weighted by atomic mass is 10.0. The maximum Gasteiger partial charge on any atom is 0.245 e. The Balaban J connectivity index is 2.05. The van der Waals surface area contributed by atoms with Crippen LogP contribution < -0.4 is 10.6 Å². The van der Waals surface area contributed by atoms with Crippen molar-refractivity contribution in [1.82, 2.24) is 10.6 Å². The van der Waals surface area contributed by atoms with Crippen LogP contribution in [0.2, 0.25) is 0 Å². The normalized spacial score (nSPS) is 25.1. The minimum absolute atomic E-state index is 0.152. The fourth-order valence-corrected chi connectivity index (χ4v) is 1.49. The summed E-state index contributed by atoms with van der Waals surface area (Å²) in [5, 5.41) is 5.83. The van der Waals surface area contributed by atoms with E-state index < -0.39 is 0 Å². The molecule has 16 heavy (non-hydrogen) atoms. The van der Waals surface area contributed by atoms with E-state index in [-0.39, 0.29) is 18.2 Å². The second kappa shape index (κ2) is 6.62. The zero-order valence-electron chi connectivity index (χ0n) is 9.75. The van der Waals surface area contributed by atoms with Gasteiger partial charge in [-0.2, -0.15) is 0 Å². The third-order valence-corrected chi connectivity index (χ3v) is 2.54. The summed E-state index contributed by atoms with van der Waals surface area (Å²) in [6.07, 6.45) is 2.03. The molecule has 92 valence electrons. The zero-order valence-corrected chi connectivity index (χ0v) is 9.75. The molecule has 0 spiro atoms. The highest BCUT2D eigenvalue weighted by Gasteiger charge is 2.27. The van der Waals surface area contributed by atoms with Gasteiger partial charge in [0.25, 0.3) is 0 Å². The molecule has 5 nitrogen and oxygen atoms in total. The summed E-state index contributed by atoms with van der Waals surface area (Å²) < 4.78 is 11.0. The molecule has 1 aliphatic heterocycles. The third-order valence-electron chi connectivity index (χ3n) is 2.54. The summed E-state index contributed by atoms with van der Waals surface area (Å²) in [6.45, 7) is 8.68. The summed E-state index contributed by atoms with van der Waals surface area (Å²) in [5.41, 5.74) is -0.152. The van der Waals surface area contributed by atoms with Crippen LogP contribution in [0.3, 0.4) is 0 Å². The molecule has 1 amide bonds. The number of amides is 1. The van der Waals surface area contributed by atoms with Crippen LogP contribution >= 0.6 is 0 Å². The first-order valence-electron chi connectivity index (χ1n) is 5.49. The van der Waals surface area contributed by atoms with E-state index in [4.69, 9.17) is 9.47 Å². The third kappa shape index (κ3) is 4.74. The van der Waals surface area contributed by atoms with Gasteiger partial charge in [0.1, 0.15) is 6.73 Å². The molecule has 1 unspecified atom stereocenters. The van der Waals surface area contributed by atoms with Crippen molar-refractivity contribution in [2.24, 2.45) is 0 Å². The maximum absolute atomic E-state index is 10.8. The van der Waals surface area contributed by atoms with E-state index in [0.29, 0.717) is 6.61 Å². The molecule has 0 aromatic rings. The minimum Gasteiger partial charge on any atom is -0.373 e. The second-order valence-electron chi connectivity index (χ2n) is 4.02. The molecule has 1 rings (SSSR count). The first-order valence-corrected chi connectivity index (χ1v) is 5.49. The average Bonchev–Trinajstić information content (AvgIpc) is 2.29. The van der Waals surface area contributed by atoms with Gasteiger partial charge in [0, 0.05) is 19.5 Å². The predicted octanol–water partition coefficient (Wildman–Crippen LogP) is 0.0313. The van der Waals surface area contributed by atoms with Gasteiger partial charge in [-0.1, -0.05) is 6.58 Å². The highest BCUT2D eigenvalue weighted by atomic mass is 16.5. The first kappa shape index (κ1) is 13.2. The van der Waals surface area contributed by atoms with E-state index in [9.17, 15) is 4.79 Å². The van der Waals surface area contributed by atoms with Crippen LogP contribution in [-0.2, 0) is 14.3 Å². The lowest BCUT2D eigenvalue weighted by Crippen LogP contribution is -2.48. The monoisotopic (exact) mass is 228 g/mol. The van der Waals surface area contributed by atoms with Crippen molar-refractivity contribution in [3.8, 4) is 0 Å². The van der Waals surface area contributed by atoms with Crippen LogP contribution in [0.1, 0.15) is 13.3 Å². The highest BCUT2D eigenvalue weighted by molar-refractivity contribution is 5.86. The topological polar surface area (TPSA) is 59.6 Å². The van der Waals surface area contributed by atoms with Gasteiger partial charge in [0.15, 0.2) is 0 Å². The Labute approximate surface area is 96.2 Å². The van der Waals surface area contributed by atoms with Crippen molar-refractivity contribution in [3.63, 3.8) is 0 Å². The Morgan fingerprint density at radius 3 is 3.19 bits per heavy atom. The molecule has 0 aliphatic carbocycles. The Bertz CT molecular complexity index is 237. The number of carbonyl (C=O) groups is 1. The number of hydrogen-bond acceptors (Lipinski definition) is 4. The van der Waals surface area contributed by atoms with Gasteiger partial charge in [-0.15, -0.1) is 0 Å². The molecule has 1 saturated heterocycles. The molecule has 5 heteroatoms. The van der Waals surface area contributed by atoms with E-state index in [1.807, 2.05) is 0 Å². The van der Waals surface area contributed by atoms with Gasteiger partial charge in [-0.05, 0) is 13.0 Å². The molecule has 1 fully saturated rings. The molecule has 0 aromatic carbocycles. The van der Waals surface area contributed by atoms with Crippen molar-refractivity contribution < 1.29 is 14.3 Å². The standard InChI is InChI=1S/C11H20N2O3/c1-3-10(14)13-9-15-6-4-11(2)8-12-5-7-16-11/h3,12H,1,4-9H2,2H3,(H,13,14). The quantitative estimate of drug-likeness (QED) is 0.382. The first-order chi connectivity index (χ1) is 7.66. The Morgan fingerprint density at radius 2 is 2.56 bits per heavy atom. The number of ether oxygens (including phenoxy) is 2. The summed E-state index contributed by atoms with van der Waals surface area (Å²) in [6, 6.07) is 0. The van der Waals surface area contributed by atoms with Crippen LogP contribution in [0, 0.1) is 0 Å². The summed E-state index contributed by atoms with van der Waals surface area (Å²) in [4.78, 5) is 10.8. The van der Waals surface area contributed by atoms with Crippen molar-refractivity contribution in [2.75, 3.05) is 33.0 Å². The molecule has 1 heterocycles. The van der Waals surface area contributed by atoms with E-state index in [1.54, 1.807) is 0 Å². The van der Waals surface area contributed by atoms with Crippen molar-refractivity contribution in [1.29, 1.82) is 0 Å². The average molecular weight is 228 g/mol. The van der Waals surface area contributed by atoms with Crippen LogP contribution in [0.4, 0.5) is 0 Å². The highest BCUT2D eigenvalue weighted by Crippen LogP contribution is 2.16. The predicted molar refractivity (Wildman–Crippen MR) is 61.0 cm³/mol. The Morgan fingerprint density at radius 1 is 1.75 bits per heavy atom. The number of morpholine rings is 1. The van der Waals surface area contributed by atoms with E-state index >= 15 is 0 Å². The number of hydrogen-bond donors (Lipinski definition) is 2. The van der Waals surface area contributed by atoms with E-state index in [0.717, 1.165) is 26.1 Å². The van der Waals surface area contributed by atoms with Gasteiger partial charge in [-0.25, -0.2) is 0 Å². The maximum atomic E-state index is 10.8.